The van der Waals surface area contributed by atoms with Gasteiger partial charge >= 0.3 is 11.9 Å². The SMILES string of the molecule is CCOC(=O)C(=Cc1sccc1Cc1ccccc1OC)C(=O)OCC. The van der Waals surface area contributed by atoms with E-state index >= 15 is 0 Å². The van der Waals surface area contributed by atoms with Gasteiger partial charge in [-0.1, -0.05) is 18.2 Å². The van der Waals surface area contributed by atoms with E-state index in [-0.39, 0.29) is 18.8 Å². The zero-order valence-corrected chi connectivity index (χ0v) is 15.9. The van der Waals surface area contributed by atoms with Gasteiger partial charge in [0.2, 0.25) is 0 Å². The minimum atomic E-state index is -0.678. The molecule has 138 valence electrons. The van der Waals surface area contributed by atoms with Crippen LogP contribution in [0.15, 0.2) is 41.3 Å². The number of para-hydroxylation sites is 1. The molecular formula is C20H22O5S. The van der Waals surface area contributed by atoms with Gasteiger partial charge in [0, 0.05) is 11.3 Å². The van der Waals surface area contributed by atoms with Crippen molar-refractivity contribution in [3.05, 3.63) is 57.3 Å². The Bertz CT molecular complexity index is 771. The van der Waals surface area contributed by atoms with Crippen LogP contribution in [0.5, 0.6) is 5.75 Å². The maximum atomic E-state index is 12.1. The summed E-state index contributed by atoms with van der Waals surface area (Å²) < 4.78 is 15.4. The lowest BCUT2D eigenvalue weighted by molar-refractivity contribution is -0.146. The number of ether oxygens (including phenoxy) is 3. The summed E-state index contributed by atoms with van der Waals surface area (Å²) in [6.45, 7) is 3.76. The van der Waals surface area contributed by atoms with Crippen molar-refractivity contribution in [3.8, 4) is 5.75 Å². The lowest BCUT2D eigenvalue weighted by Crippen LogP contribution is -2.18. The number of benzene rings is 1. The number of carbonyl (C=O) groups excluding carboxylic acids is 2. The van der Waals surface area contributed by atoms with E-state index in [2.05, 4.69) is 0 Å². The smallest absolute Gasteiger partial charge is 0.345 e. The third-order valence-corrected chi connectivity index (χ3v) is 4.53. The molecule has 2 rings (SSSR count). The third-order valence-electron chi connectivity index (χ3n) is 3.62. The van der Waals surface area contributed by atoms with Crippen LogP contribution in [0.2, 0.25) is 0 Å². The van der Waals surface area contributed by atoms with Gasteiger partial charge in [-0.05, 0) is 48.6 Å². The fourth-order valence-corrected chi connectivity index (χ4v) is 3.28. The van der Waals surface area contributed by atoms with Crippen molar-refractivity contribution in [2.75, 3.05) is 20.3 Å². The number of rotatable bonds is 8. The second-order valence-corrected chi connectivity index (χ2v) is 6.25. The van der Waals surface area contributed by atoms with Gasteiger partial charge in [-0.2, -0.15) is 0 Å². The standard InChI is InChI=1S/C20H22O5S/c1-4-24-19(21)16(20(22)25-5-2)13-18-15(10-11-26-18)12-14-8-6-7-9-17(14)23-3/h6-11,13H,4-5,12H2,1-3H3. The number of hydrogen-bond donors (Lipinski definition) is 0. The van der Waals surface area contributed by atoms with Crippen molar-refractivity contribution < 1.29 is 23.8 Å². The number of hydrogen-bond acceptors (Lipinski definition) is 6. The topological polar surface area (TPSA) is 61.8 Å². The number of esters is 2. The molecule has 0 spiro atoms. The fourth-order valence-electron chi connectivity index (χ4n) is 2.42. The molecule has 0 bridgehead atoms. The molecule has 0 saturated heterocycles. The number of carbonyl (C=O) groups is 2. The molecule has 1 aromatic heterocycles. The van der Waals surface area contributed by atoms with Crippen LogP contribution in [0.25, 0.3) is 6.08 Å². The highest BCUT2D eigenvalue weighted by molar-refractivity contribution is 7.11. The van der Waals surface area contributed by atoms with Gasteiger partial charge in [-0.3, -0.25) is 0 Å². The molecule has 0 atom stereocenters. The van der Waals surface area contributed by atoms with E-state index in [1.54, 1.807) is 27.0 Å². The Kier molecular flexibility index (Phi) is 7.41. The van der Waals surface area contributed by atoms with E-state index in [4.69, 9.17) is 14.2 Å². The first-order chi connectivity index (χ1) is 12.6. The van der Waals surface area contributed by atoms with Crippen LogP contribution < -0.4 is 4.74 Å². The van der Waals surface area contributed by atoms with Crippen LogP contribution in [-0.4, -0.2) is 32.3 Å². The summed E-state index contributed by atoms with van der Waals surface area (Å²) in [5.74, 6) is -0.560. The van der Waals surface area contributed by atoms with Crippen LogP contribution in [-0.2, 0) is 25.5 Å². The summed E-state index contributed by atoms with van der Waals surface area (Å²) in [5.41, 5.74) is 1.92. The van der Waals surface area contributed by atoms with Gasteiger partial charge < -0.3 is 14.2 Å². The Morgan fingerprint density at radius 2 is 1.65 bits per heavy atom. The van der Waals surface area contributed by atoms with E-state index < -0.39 is 11.9 Å². The fraction of sp³-hybridized carbons (Fsp3) is 0.300. The summed E-state index contributed by atoms with van der Waals surface area (Å²) in [6.07, 6.45) is 2.17. The third kappa shape index (κ3) is 4.95. The Hall–Kier alpha value is -2.60. The van der Waals surface area contributed by atoms with Gasteiger partial charge in [0.25, 0.3) is 0 Å². The first-order valence-corrected chi connectivity index (χ1v) is 9.22. The molecule has 0 aliphatic heterocycles. The molecule has 0 N–H and O–H groups in total. The van der Waals surface area contributed by atoms with Crippen molar-refractivity contribution in [1.82, 2.24) is 0 Å². The van der Waals surface area contributed by atoms with Gasteiger partial charge in [0.1, 0.15) is 11.3 Å². The van der Waals surface area contributed by atoms with E-state index in [1.165, 1.54) is 11.3 Å². The normalized spacial score (nSPS) is 10.1. The van der Waals surface area contributed by atoms with E-state index in [9.17, 15) is 9.59 Å². The quantitative estimate of drug-likeness (QED) is 0.304. The highest BCUT2D eigenvalue weighted by Crippen LogP contribution is 2.27. The van der Waals surface area contributed by atoms with Gasteiger partial charge in [0.15, 0.2) is 0 Å². The first kappa shape index (κ1) is 19.7. The molecule has 0 unspecified atom stereocenters. The molecule has 0 aliphatic carbocycles. The van der Waals surface area contributed by atoms with E-state index in [1.807, 2.05) is 35.7 Å². The maximum absolute atomic E-state index is 12.1. The lowest BCUT2D eigenvalue weighted by Gasteiger charge is -2.09. The molecule has 5 nitrogen and oxygen atoms in total. The summed E-state index contributed by atoms with van der Waals surface area (Å²) in [4.78, 5) is 25.1. The van der Waals surface area contributed by atoms with Crippen LogP contribution in [0.4, 0.5) is 0 Å². The second-order valence-electron chi connectivity index (χ2n) is 5.30. The zero-order chi connectivity index (χ0) is 18.9. The molecule has 26 heavy (non-hydrogen) atoms. The van der Waals surface area contributed by atoms with E-state index in [0.717, 1.165) is 21.8 Å². The molecule has 0 fully saturated rings. The van der Waals surface area contributed by atoms with Crippen LogP contribution in [0.1, 0.15) is 29.9 Å². The molecule has 1 aromatic carbocycles. The van der Waals surface area contributed by atoms with Crippen LogP contribution in [0, 0.1) is 0 Å². The van der Waals surface area contributed by atoms with Crippen molar-refractivity contribution in [1.29, 1.82) is 0 Å². The average Bonchev–Trinajstić information content (AvgIpc) is 3.07. The van der Waals surface area contributed by atoms with Gasteiger partial charge in [0.05, 0.1) is 20.3 Å². The summed E-state index contributed by atoms with van der Waals surface area (Å²) in [7, 11) is 1.63. The second kappa shape index (κ2) is 9.77. The number of methoxy groups -OCH3 is 1. The Morgan fingerprint density at radius 3 is 2.27 bits per heavy atom. The van der Waals surface area contributed by atoms with Crippen LogP contribution in [0.3, 0.4) is 0 Å². The molecular weight excluding hydrogens is 352 g/mol. The monoisotopic (exact) mass is 374 g/mol. The van der Waals surface area contributed by atoms with Crippen molar-refractivity contribution in [2.24, 2.45) is 0 Å². The molecule has 1 heterocycles. The Morgan fingerprint density at radius 1 is 1.00 bits per heavy atom. The summed E-state index contributed by atoms with van der Waals surface area (Å²) in [5, 5.41) is 1.92. The summed E-state index contributed by atoms with van der Waals surface area (Å²) in [6, 6.07) is 9.72. The Labute approximate surface area is 157 Å². The lowest BCUT2D eigenvalue weighted by atomic mass is 10.0. The van der Waals surface area contributed by atoms with Gasteiger partial charge in [-0.15, -0.1) is 11.3 Å². The highest BCUT2D eigenvalue weighted by atomic mass is 32.1. The van der Waals surface area contributed by atoms with Crippen molar-refractivity contribution in [2.45, 2.75) is 20.3 Å². The minimum absolute atomic E-state index is 0.0996. The molecule has 0 aliphatic rings. The van der Waals surface area contributed by atoms with Crippen molar-refractivity contribution in [3.63, 3.8) is 0 Å². The molecule has 2 aromatic rings. The van der Waals surface area contributed by atoms with Crippen LogP contribution >= 0.6 is 11.3 Å². The average molecular weight is 374 g/mol. The molecule has 6 heteroatoms. The van der Waals surface area contributed by atoms with Gasteiger partial charge in [-0.25, -0.2) is 9.59 Å². The molecule has 0 saturated carbocycles. The minimum Gasteiger partial charge on any atom is -0.496 e. The summed E-state index contributed by atoms with van der Waals surface area (Å²) >= 11 is 1.45. The maximum Gasteiger partial charge on any atom is 0.345 e. The van der Waals surface area contributed by atoms with E-state index in [0.29, 0.717) is 6.42 Å². The molecule has 0 radical (unpaired) electrons. The largest absolute Gasteiger partial charge is 0.496 e. The number of thiophene rings is 1. The highest BCUT2D eigenvalue weighted by Gasteiger charge is 2.22. The first-order valence-electron chi connectivity index (χ1n) is 8.34. The predicted molar refractivity (Wildman–Crippen MR) is 101 cm³/mol. The molecule has 0 amide bonds. The Balaban J connectivity index is 2.35. The zero-order valence-electron chi connectivity index (χ0n) is 15.1. The van der Waals surface area contributed by atoms with Crippen molar-refractivity contribution >= 4 is 29.4 Å². The predicted octanol–water partition coefficient (Wildman–Crippen LogP) is 3.86.